The van der Waals surface area contributed by atoms with Gasteiger partial charge in [-0.05, 0) is 26.2 Å². The summed E-state index contributed by atoms with van der Waals surface area (Å²) in [5.74, 6) is 0.846. The molecule has 0 radical (unpaired) electrons. The lowest BCUT2D eigenvalue weighted by molar-refractivity contribution is 0.324. The first-order valence-corrected chi connectivity index (χ1v) is 5.41. The highest BCUT2D eigenvalue weighted by Gasteiger charge is 2.14. The van der Waals surface area contributed by atoms with E-state index in [1.165, 1.54) is 19.3 Å². The smallest absolute Gasteiger partial charge is 0.00692 e. The molecule has 0 saturated carbocycles. The molecule has 0 amide bonds. The summed E-state index contributed by atoms with van der Waals surface area (Å²) >= 11 is 0. The standard InChI is InChI=1S/C11H25N/c1-6-9(4)12-10(5)11(7-2)8-3/h9-12H,6-8H2,1-5H3. The van der Waals surface area contributed by atoms with Crippen molar-refractivity contribution in [2.45, 2.75) is 66.0 Å². The van der Waals surface area contributed by atoms with E-state index in [2.05, 4.69) is 39.9 Å². The van der Waals surface area contributed by atoms with E-state index in [-0.39, 0.29) is 0 Å². The Balaban J connectivity index is 3.75. The molecule has 2 unspecified atom stereocenters. The number of rotatable bonds is 6. The Labute approximate surface area is 77.9 Å². The van der Waals surface area contributed by atoms with E-state index < -0.39 is 0 Å². The lowest BCUT2D eigenvalue weighted by Gasteiger charge is -2.25. The quantitative estimate of drug-likeness (QED) is 0.647. The van der Waals surface area contributed by atoms with E-state index in [0.29, 0.717) is 12.1 Å². The summed E-state index contributed by atoms with van der Waals surface area (Å²) in [5, 5.41) is 3.63. The van der Waals surface area contributed by atoms with Crippen LogP contribution < -0.4 is 5.32 Å². The first-order valence-electron chi connectivity index (χ1n) is 5.41. The van der Waals surface area contributed by atoms with Crippen molar-refractivity contribution in [3.05, 3.63) is 0 Å². The second kappa shape index (κ2) is 6.47. The van der Waals surface area contributed by atoms with Gasteiger partial charge >= 0.3 is 0 Å². The third-order valence-electron chi connectivity index (χ3n) is 2.92. The highest BCUT2D eigenvalue weighted by molar-refractivity contribution is 4.72. The van der Waals surface area contributed by atoms with Gasteiger partial charge in [-0.25, -0.2) is 0 Å². The van der Waals surface area contributed by atoms with Crippen LogP contribution in [0.2, 0.25) is 0 Å². The van der Waals surface area contributed by atoms with E-state index in [9.17, 15) is 0 Å². The molecule has 1 N–H and O–H groups in total. The molecule has 1 heteroatoms. The molecule has 0 bridgehead atoms. The van der Waals surface area contributed by atoms with Crippen LogP contribution >= 0.6 is 0 Å². The van der Waals surface area contributed by atoms with Gasteiger partial charge in [0.25, 0.3) is 0 Å². The second-order valence-electron chi connectivity index (χ2n) is 3.84. The Morgan fingerprint density at radius 1 is 0.917 bits per heavy atom. The molecule has 12 heavy (non-hydrogen) atoms. The molecule has 0 heterocycles. The average Bonchev–Trinajstić information content (AvgIpc) is 2.06. The van der Waals surface area contributed by atoms with Gasteiger partial charge in [-0.1, -0.05) is 33.6 Å². The topological polar surface area (TPSA) is 12.0 Å². The minimum absolute atomic E-state index is 0.667. The Kier molecular flexibility index (Phi) is 6.45. The van der Waals surface area contributed by atoms with Crippen molar-refractivity contribution < 1.29 is 0 Å². The van der Waals surface area contributed by atoms with Gasteiger partial charge in [-0.3, -0.25) is 0 Å². The molecule has 0 spiro atoms. The van der Waals surface area contributed by atoms with Crippen molar-refractivity contribution in [1.82, 2.24) is 5.32 Å². The van der Waals surface area contributed by atoms with Gasteiger partial charge < -0.3 is 5.32 Å². The van der Waals surface area contributed by atoms with E-state index in [4.69, 9.17) is 0 Å². The molecule has 2 atom stereocenters. The molecule has 0 aliphatic heterocycles. The number of nitrogens with one attached hydrogen (secondary N) is 1. The number of hydrogen-bond donors (Lipinski definition) is 1. The van der Waals surface area contributed by atoms with E-state index >= 15 is 0 Å². The van der Waals surface area contributed by atoms with Crippen LogP contribution in [0.5, 0.6) is 0 Å². The highest BCUT2D eigenvalue weighted by atomic mass is 14.9. The molecular formula is C11H25N. The largest absolute Gasteiger partial charge is 0.312 e. The van der Waals surface area contributed by atoms with Crippen LogP contribution in [0.3, 0.4) is 0 Å². The third-order valence-corrected chi connectivity index (χ3v) is 2.92. The van der Waals surface area contributed by atoms with E-state index in [1.54, 1.807) is 0 Å². The van der Waals surface area contributed by atoms with Crippen molar-refractivity contribution in [3.63, 3.8) is 0 Å². The molecular weight excluding hydrogens is 146 g/mol. The summed E-state index contributed by atoms with van der Waals surface area (Å²) in [4.78, 5) is 0. The van der Waals surface area contributed by atoms with E-state index in [1.807, 2.05) is 0 Å². The van der Waals surface area contributed by atoms with Crippen LogP contribution in [0, 0.1) is 5.92 Å². The Morgan fingerprint density at radius 3 is 1.75 bits per heavy atom. The van der Waals surface area contributed by atoms with Crippen molar-refractivity contribution in [2.75, 3.05) is 0 Å². The molecule has 74 valence electrons. The minimum Gasteiger partial charge on any atom is -0.312 e. The van der Waals surface area contributed by atoms with Crippen LogP contribution in [0.4, 0.5) is 0 Å². The highest BCUT2D eigenvalue weighted by Crippen LogP contribution is 2.13. The molecule has 0 aliphatic rings. The molecule has 0 fully saturated rings. The normalized spacial score (nSPS) is 16.5. The van der Waals surface area contributed by atoms with Crippen LogP contribution in [-0.4, -0.2) is 12.1 Å². The molecule has 0 aliphatic carbocycles. The van der Waals surface area contributed by atoms with Crippen LogP contribution in [0.25, 0.3) is 0 Å². The van der Waals surface area contributed by atoms with Gasteiger partial charge in [0.1, 0.15) is 0 Å². The van der Waals surface area contributed by atoms with Crippen molar-refractivity contribution in [2.24, 2.45) is 5.92 Å². The fraction of sp³-hybridized carbons (Fsp3) is 1.00. The first-order chi connectivity index (χ1) is 5.65. The number of hydrogen-bond acceptors (Lipinski definition) is 1. The maximum atomic E-state index is 3.63. The second-order valence-corrected chi connectivity index (χ2v) is 3.84. The Morgan fingerprint density at radius 2 is 1.42 bits per heavy atom. The van der Waals surface area contributed by atoms with Crippen molar-refractivity contribution in [1.29, 1.82) is 0 Å². The molecule has 0 aromatic rings. The Bertz CT molecular complexity index is 97.2. The predicted molar refractivity (Wildman–Crippen MR) is 56.4 cm³/mol. The average molecular weight is 171 g/mol. The SMILES string of the molecule is CCC(C)NC(C)C(CC)CC. The van der Waals surface area contributed by atoms with Gasteiger partial charge in [0.05, 0.1) is 0 Å². The van der Waals surface area contributed by atoms with Crippen LogP contribution in [0.1, 0.15) is 53.9 Å². The van der Waals surface area contributed by atoms with Gasteiger partial charge in [0.15, 0.2) is 0 Å². The molecule has 0 saturated heterocycles. The molecule has 0 aromatic heterocycles. The maximum Gasteiger partial charge on any atom is 0.00692 e. The summed E-state index contributed by atoms with van der Waals surface area (Å²) < 4.78 is 0. The van der Waals surface area contributed by atoms with Gasteiger partial charge in [-0.15, -0.1) is 0 Å². The van der Waals surface area contributed by atoms with Crippen LogP contribution in [-0.2, 0) is 0 Å². The summed E-state index contributed by atoms with van der Waals surface area (Å²) in [6.45, 7) is 11.4. The summed E-state index contributed by atoms with van der Waals surface area (Å²) in [6, 6.07) is 1.34. The minimum atomic E-state index is 0.667. The van der Waals surface area contributed by atoms with E-state index in [0.717, 1.165) is 5.92 Å². The zero-order valence-electron chi connectivity index (χ0n) is 9.35. The Hall–Kier alpha value is -0.0400. The fourth-order valence-electron chi connectivity index (χ4n) is 1.70. The van der Waals surface area contributed by atoms with Gasteiger partial charge in [-0.2, -0.15) is 0 Å². The van der Waals surface area contributed by atoms with Gasteiger partial charge in [0, 0.05) is 12.1 Å². The summed E-state index contributed by atoms with van der Waals surface area (Å²) in [6.07, 6.45) is 3.81. The van der Waals surface area contributed by atoms with Crippen molar-refractivity contribution >= 4 is 0 Å². The zero-order chi connectivity index (χ0) is 9.56. The van der Waals surface area contributed by atoms with Gasteiger partial charge in [0.2, 0.25) is 0 Å². The monoisotopic (exact) mass is 171 g/mol. The lowest BCUT2D eigenvalue weighted by Crippen LogP contribution is -2.38. The third kappa shape index (κ3) is 4.10. The summed E-state index contributed by atoms with van der Waals surface area (Å²) in [5.41, 5.74) is 0. The maximum absolute atomic E-state index is 3.63. The molecule has 0 rings (SSSR count). The van der Waals surface area contributed by atoms with Crippen molar-refractivity contribution in [3.8, 4) is 0 Å². The molecule has 0 aromatic carbocycles. The summed E-state index contributed by atoms with van der Waals surface area (Å²) in [7, 11) is 0. The molecule has 1 nitrogen and oxygen atoms in total. The van der Waals surface area contributed by atoms with Crippen LogP contribution in [0.15, 0.2) is 0 Å². The first kappa shape index (κ1) is 12.0. The predicted octanol–water partition coefficient (Wildman–Crippen LogP) is 3.20. The fourth-order valence-corrected chi connectivity index (χ4v) is 1.70. The lowest BCUT2D eigenvalue weighted by atomic mass is 9.95. The zero-order valence-corrected chi connectivity index (χ0v) is 9.35.